The van der Waals surface area contributed by atoms with Crippen LogP contribution in [0.5, 0.6) is 0 Å². The van der Waals surface area contributed by atoms with Crippen molar-refractivity contribution < 1.29 is 14.4 Å². The van der Waals surface area contributed by atoms with Gasteiger partial charge in [0.15, 0.2) is 0 Å². The van der Waals surface area contributed by atoms with E-state index >= 15 is 0 Å². The highest BCUT2D eigenvalue weighted by Crippen LogP contribution is 2.24. The lowest BCUT2D eigenvalue weighted by atomic mass is 9.99. The number of carbonyl (C=O) groups is 3. The molecule has 0 bridgehead atoms. The second-order valence-corrected chi connectivity index (χ2v) is 5.81. The van der Waals surface area contributed by atoms with Crippen LogP contribution in [0, 0.1) is 5.92 Å². The van der Waals surface area contributed by atoms with Gasteiger partial charge < -0.3 is 15.1 Å². The van der Waals surface area contributed by atoms with E-state index in [1.54, 1.807) is 21.9 Å². The average Bonchev–Trinajstić information content (AvgIpc) is 2.83. The van der Waals surface area contributed by atoms with Gasteiger partial charge >= 0.3 is 0 Å². The molecule has 0 saturated carbocycles. The topological polar surface area (TPSA) is 69.7 Å². The zero-order valence-electron chi connectivity index (χ0n) is 12.5. The second kappa shape index (κ2) is 5.79. The summed E-state index contributed by atoms with van der Waals surface area (Å²) in [6.45, 7) is 3.24. The number of anilines is 2. The fraction of sp³-hybridized carbons (Fsp3) is 0.438. The van der Waals surface area contributed by atoms with Crippen molar-refractivity contribution in [2.45, 2.75) is 19.8 Å². The molecular weight excluding hydrogens is 282 g/mol. The monoisotopic (exact) mass is 301 g/mol. The van der Waals surface area contributed by atoms with Gasteiger partial charge in [0.05, 0.1) is 5.92 Å². The minimum absolute atomic E-state index is 0.00341. The summed E-state index contributed by atoms with van der Waals surface area (Å²) >= 11 is 0. The Bertz CT molecular complexity index is 606. The van der Waals surface area contributed by atoms with E-state index in [9.17, 15) is 14.4 Å². The van der Waals surface area contributed by atoms with E-state index in [4.69, 9.17) is 0 Å². The van der Waals surface area contributed by atoms with Crippen molar-refractivity contribution in [1.82, 2.24) is 4.90 Å². The molecule has 1 aromatic carbocycles. The number of benzene rings is 1. The molecule has 0 atom stereocenters. The number of carbonyl (C=O) groups excluding carboxylic acids is 3. The first-order valence-corrected chi connectivity index (χ1v) is 7.51. The summed E-state index contributed by atoms with van der Waals surface area (Å²) in [6, 6.07) is 7.31. The van der Waals surface area contributed by atoms with Gasteiger partial charge in [-0.2, -0.15) is 0 Å². The number of likely N-dealkylation sites (tertiary alicyclic amines) is 1. The SMILES string of the molecule is CC(=O)N1CC(C(=O)Nc2ccc(N3CCCC3=O)cc2)C1. The fourth-order valence-electron chi connectivity index (χ4n) is 2.79. The van der Waals surface area contributed by atoms with Gasteiger partial charge in [-0.05, 0) is 30.7 Å². The fourth-order valence-corrected chi connectivity index (χ4v) is 2.79. The predicted molar refractivity (Wildman–Crippen MR) is 82.4 cm³/mol. The standard InChI is InChI=1S/C16H19N3O3/c1-11(20)18-9-12(10-18)16(22)17-13-4-6-14(7-5-13)19-8-2-3-15(19)21/h4-7,12H,2-3,8-10H2,1H3,(H,17,22). The second-order valence-electron chi connectivity index (χ2n) is 5.81. The molecule has 3 amide bonds. The molecule has 3 rings (SSSR count). The molecule has 116 valence electrons. The molecule has 0 spiro atoms. The van der Waals surface area contributed by atoms with E-state index in [2.05, 4.69) is 5.32 Å². The maximum Gasteiger partial charge on any atom is 0.231 e. The molecule has 2 aliphatic heterocycles. The molecule has 22 heavy (non-hydrogen) atoms. The summed E-state index contributed by atoms with van der Waals surface area (Å²) in [5, 5.41) is 2.85. The minimum atomic E-state index is -0.135. The van der Waals surface area contributed by atoms with E-state index in [-0.39, 0.29) is 23.6 Å². The first-order valence-electron chi connectivity index (χ1n) is 7.51. The lowest BCUT2D eigenvalue weighted by Crippen LogP contribution is -2.53. The summed E-state index contributed by atoms with van der Waals surface area (Å²) in [5.41, 5.74) is 1.58. The third-order valence-electron chi connectivity index (χ3n) is 4.22. The van der Waals surface area contributed by atoms with Crippen LogP contribution in [-0.2, 0) is 14.4 Å². The van der Waals surface area contributed by atoms with E-state index in [1.807, 2.05) is 12.1 Å². The molecule has 2 heterocycles. The van der Waals surface area contributed by atoms with Crippen molar-refractivity contribution in [3.63, 3.8) is 0 Å². The number of nitrogens with one attached hydrogen (secondary N) is 1. The Morgan fingerprint density at radius 3 is 2.41 bits per heavy atom. The lowest BCUT2D eigenvalue weighted by molar-refractivity contribution is -0.139. The van der Waals surface area contributed by atoms with Gasteiger partial charge in [0, 0.05) is 44.4 Å². The van der Waals surface area contributed by atoms with E-state index < -0.39 is 0 Å². The Kier molecular flexibility index (Phi) is 3.83. The Morgan fingerprint density at radius 2 is 1.86 bits per heavy atom. The van der Waals surface area contributed by atoms with Crippen molar-refractivity contribution in [3.8, 4) is 0 Å². The van der Waals surface area contributed by atoms with Gasteiger partial charge in [-0.1, -0.05) is 0 Å². The third kappa shape index (κ3) is 2.81. The Labute approximate surface area is 129 Å². The molecule has 6 nitrogen and oxygen atoms in total. The molecule has 0 aliphatic carbocycles. The van der Waals surface area contributed by atoms with Gasteiger partial charge in [0.2, 0.25) is 17.7 Å². The van der Waals surface area contributed by atoms with Gasteiger partial charge in [0.1, 0.15) is 0 Å². The molecule has 2 saturated heterocycles. The summed E-state index contributed by atoms with van der Waals surface area (Å²) in [5.74, 6) is -0.0505. The quantitative estimate of drug-likeness (QED) is 0.913. The highest BCUT2D eigenvalue weighted by molar-refractivity contribution is 5.97. The molecule has 2 aliphatic rings. The smallest absolute Gasteiger partial charge is 0.231 e. The largest absolute Gasteiger partial charge is 0.341 e. The van der Waals surface area contributed by atoms with E-state index in [0.717, 1.165) is 18.7 Å². The number of nitrogens with zero attached hydrogens (tertiary/aromatic N) is 2. The van der Waals surface area contributed by atoms with Gasteiger partial charge in [-0.15, -0.1) is 0 Å². The molecule has 2 fully saturated rings. The molecule has 1 N–H and O–H groups in total. The van der Waals surface area contributed by atoms with Crippen LogP contribution < -0.4 is 10.2 Å². The number of hydrogen-bond acceptors (Lipinski definition) is 3. The third-order valence-corrected chi connectivity index (χ3v) is 4.22. The van der Waals surface area contributed by atoms with Crippen molar-refractivity contribution in [2.75, 3.05) is 29.9 Å². The first-order chi connectivity index (χ1) is 10.5. The maximum atomic E-state index is 12.0. The van der Waals surface area contributed by atoms with Crippen LogP contribution in [0.1, 0.15) is 19.8 Å². The van der Waals surface area contributed by atoms with Crippen molar-refractivity contribution in [2.24, 2.45) is 5.92 Å². The van der Waals surface area contributed by atoms with E-state index in [0.29, 0.717) is 25.2 Å². The van der Waals surface area contributed by atoms with Crippen molar-refractivity contribution in [3.05, 3.63) is 24.3 Å². The van der Waals surface area contributed by atoms with Crippen LogP contribution in [0.4, 0.5) is 11.4 Å². The summed E-state index contributed by atoms with van der Waals surface area (Å²) in [7, 11) is 0. The number of hydrogen-bond donors (Lipinski definition) is 1. The van der Waals surface area contributed by atoms with E-state index in [1.165, 1.54) is 6.92 Å². The van der Waals surface area contributed by atoms with Crippen LogP contribution in [0.15, 0.2) is 24.3 Å². The molecule has 0 unspecified atom stereocenters. The summed E-state index contributed by atoms with van der Waals surface area (Å²) in [6.07, 6.45) is 1.50. The molecule has 0 radical (unpaired) electrons. The highest BCUT2D eigenvalue weighted by Gasteiger charge is 2.34. The summed E-state index contributed by atoms with van der Waals surface area (Å²) < 4.78 is 0. The van der Waals surface area contributed by atoms with Gasteiger partial charge in [-0.3, -0.25) is 14.4 Å². The number of amides is 3. The summed E-state index contributed by atoms with van der Waals surface area (Å²) in [4.78, 5) is 38.2. The van der Waals surface area contributed by atoms with Gasteiger partial charge in [0.25, 0.3) is 0 Å². The van der Waals surface area contributed by atoms with Crippen molar-refractivity contribution >= 4 is 29.1 Å². The molecular formula is C16H19N3O3. The van der Waals surface area contributed by atoms with Crippen LogP contribution in [-0.4, -0.2) is 42.3 Å². The lowest BCUT2D eigenvalue weighted by Gasteiger charge is -2.37. The van der Waals surface area contributed by atoms with Crippen LogP contribution in [0.25, 0.3) is 0 Å². The first kappa shape index (κ1) is 14.6. The Hall–Kier alpha value is -2.37. The molecule has 0 aromatic heterocycles. The zero-order valence-corrected chi connectivity index (χ0v) is 12.5. The Morgan fingerprint density at radius 1 is 1.18 bits per heavy atom. The van der Waals surface area contributed by atoms with Crippen LogP contribution in [0.3, 0.4) is 0 Å². The van der Waals surface area contributed by atoms with Crippen LogP contribution in [0.2, 0.25) is 0 Å². The van der Waals surface area contributed by atoms with Crippen molar-refractivity contribution in [1.29, 1.82) is 0 Å². The predicted octanol–water partition coefficient (Wildman–Crippen LogP) is 1.23. The number of rotatable bonds is 3. The maximum absolute atomic E-state index is 12.0. The minimum Gasteiger partial charge on any atom is -0.341 e. The molecule has 1 aromatic rings. The molecule has 6 heteroatoms. The zero-order chi connectivity index (χ0) is 15.7. The highest BCUT2D eigenvalue weighted by atomic mass is 16.2. The van der Waals surface area contributed by atoms with Gasteiger partial charge in [-0.25, -0.2) is 0 Å². The van der Waals surface area contributed by atoms with Crippen LogP contribution >= 0.6 is 0 Å². The normalized spacial score (nSPS) is 18.3. The average molecular weight is 301 g/mol. The Balaban J connectivity index is 1.56.